The van der Waals surface area contributed by atoms with Crippen molar-refractivity contribution in [2.24, 2.45) is 0 Å². The Morgan fingerprint density at radius 3 is 1.64 bits per heavy atom. The lowest BCUT2D eigenvalue weighted by Gasteiger charge is -2.36. The topological polar surface area (TPSA) is 38.7 Å². The lowest BCUT2D eigenvalue weighted by Crippen LogP contribution is -2.28. The summed E-state index contributed by atoms with van der Waals surface area (Å²) in [6.07, 6.45) is 1.56. The average molecular weight is 584 g/mol. The molecule has 1 aromatic heterocycles. The third kappa shape index (κ3) is 3.93. The van der Waals surface area contributed by atoms with E-state index in [1.165, 1.54) is 44.5 Å². The molecule has 0 amide bonds. The first kappa shape index (κ1) is 24.4. The lowest BCUT2D eigenvalue weighted by molar-refractivity contribution is 0.353. The zero-order valence-electron chi connectivity index (χ0n) is 27.6. The Hall–Kier alpha value is -4.89. The van der Waals surface area contributed by atoms with Crippen molar-refractivity contribution in [2.75, 3.05) is 0 Å². The van der Waals surface area contributed by atoms with Crippen LogP contribution in [-0.2, 0) is 10.8 Å². The molecule has 0 saturated heterocycles. The molecule has 3 nitrogen and oxygen atoms in total. The minimum atomic E-state index is -1.12. The highest BCUT2D eigenvalue weighted by molar-refractivity contribution is 5.85. The number of rotatable bonds is 3. The molecule has 5 aromatic carbocycles. The smallest absolute Gasteiger partial charge is 0.164 e. The fraction of sp³-hybridized carbons (Fsp3) is 0.214. The Morgan fingerprint density at radius 2 is 0.978 bits per heavy atom. The molecular formula is C42H35N3. The molecule has 0 N–H and O–H groups in total. The standard InChI is InChI=1S/C42H35N3/c1-41(2)34-17-9-7-15-30(34)32-21-19-28(25-36(32)41)39-43-38(27-13-5-3-6-14-27)44-40(45-39)29-20-22-33-31-16-8-10-18-35(31)42(37(33)26-29)23-11-4-12-24-42/h3,5-10,13-22,25-26H,4,11-12,23-24H2,1-2H3/i4D2. The minimum absolute atomic E-state index is 0.126. The van der Waals surface area contributed by atoms with Gasteiger partial charge in [-0.1, -0.05) is 136 Å². The largest absolute Gasteiger partial charge is 0.208 e. The summed E-state index contributed by atoms with van der Waals surface area (Å²) >= 11 is 0. The van der Waals surface area contributed by atoms with E-state index < -0.39 is 6.37 Å². The average Bonchev–Trinajstić information content (AvgIpc) is 3.51. The van der Waals surface area contributed by atoms with Crippen molar-refractivity contribution in [2.45, 2.75) is 56.7 Å². The van der Waals surface area contributed by atoms with Crippen molar-refractivity contribution >= 4 is 0 Å². The molecule has 3 heteroatoms. The summed E-state index contributed by atoms with van der Waals surface area (Å²) in [6.45, 7) is 4.59. The quantitative estimate of drug-likeness (QED) is 0.208. The van der Waals surface area contributed by atoms with Gasteiger partial charge in [-0.05, 0) is 69.5 Å². The molecule has 3 aliphatic carbocycles. The van der Waals surface area contributed by atoms with Crippen LogP contribution in [0.5, 0.6) is 0 Å². The highest BCUT2D eigenvalue weighted by Gasteiger charge is 2.43. The summed E-state index contributed by atoms with van der Waals surface area (Å²) in [5.74, 6) is 1.96. The molecule has 0 bridgehead atoms. The van der Waals surface area contributed by atoms with Gasteiger partial charge in [0, 0.05) is 30.3 Å². The maximum atomic E-state index is 8.48. The SMILES string of the molecule is [2H]C1([2H])CCC2(CC1)c1ccccc1-c1ccc(-c3nc(-c4ccccc4)nc(-c4ccc5c(c4)C(C)(C)c4ccccc4-5)n3)cc12. The van der Waals surface area contributed by atoms with Crippen LogP contribution < -0.4 is 0 Å². The molecule has 0 aliphatic heterocycles. The van der Waals surface area contributed by atoms with Gasteiger partial charge in [-0.2, -0.15) is 0 Å². The van der Waals surface area contributed by atoms with Crippen molar-refractivity contribution in [3.8, 4) is 56.4 Å². The molecule has 45 heavy (non-hydrogen) atoms. The minimum Gasteiger partial charge on any atom is -0.208 e. The Kier molecular flexibility index (Phi) is 5.32. The first-order chi connectivity index (χ1) is 22.7. The molecule has 3 aliphatic rings. The van der Waals surface area contributed by atoms with E-state index in [2.05, 4.69) is 111 Å². The summed E-state index contributed by atoms with van der Waals surface area (Å²) in [5, 5.41) is 0. The molecule has 1 fully saturated rings. The first-order valence-corrected chi connectivity index (χ1v) is 16.0. The zero-order valence-corrected chi connectivity index (χ0v) is 25.6. The molecule has 0 radical (unpaired) electrons. The monoisotopic (exact) mass is 583 g/mol. The Morgan fingerprint density at radius 1 is 0.489 bits per heavy atom. The summed E-state index contributed by atoms with van der Waals surface area (Å²) in [6, 6.07) is 40.8. The maximum absolute atomic E-state index is 8.48. The summed E-state index contributed by atoms with van der Waals surface area (Å²) in [4.78, 5) is 15.3. The maximum Gasteiger partial charge on any atom is 0.164 e. The molecule has 0 unspecified atom stereocenters. The van der Waals surface area contributed by atoms with Gasteiger partial charge in [-0.15, -0.1) is 0 Å². The molecule has 1 spiro atoms. The van der Waals surface area contributed by atoms with Crippen molar-refractivity contribution in [1.82, 2.24) is 15.0 Å². The molecular weight excluding hydrogens is 546 g/mol. The van der Waals surface area contributed by atoms with Gasteiger partial charge in [0.25, 0.3) is 0 Å². The molecule has 0 atom stereocenters. The fourth-order valence-electron chi connectivity index (χ4n) is 8.18. The fourth-order valence-corrected chi connectivity index (χ4v) is 8.18. The van der Waals surface area contributed by atoms with E-state index in [1.807, 2.05) is 18.2 Å². The normalized spacial score (nSPS) is 18.4. The van der Waals surface area contributed by atoms with Crippen LogP contribution in [0.25, 0.3) is 56.4 Å². The second-order valence-corrected chi connectivity index (χ2v) is 13.2. The number of aromatic nitrogens is 3. The van der Waals surface area contributed by atoms with Crippen LogP contribution in [0, 0.1) is 0 Å². The molecule has 1 saturated carbocycles. The van der Waals surface area contributed by atoms with Crippen molar-refractivity contribution in [3.63, 3.8) is 0 Å². The van der Waals surface area contributed by atoms with Crippen LogP contribution >= 0.6 is 0 Å². The van der Waals surface area contributed by atoms with Crippen molar-refractivity contribution < 1.29 is 2.74 Å². The summed E-state index contributed by atoms with van der Waals surface area (Å²) in [7, 11) is 0. The van der Waals surface area contributed by atoms with Gasteiger partial charge in [-0.3, -0.25) is 0 Å². The molecule has 9 rings (SSSR count). The van der Waals surface area contributed by atoms with E-state index in [4.69, 9.17) is 17.7 Å². The van der Waals surface area contributed by atoms with Crippen LogP contribution in [0.3, 0.4) is 0 Å². The Labute approximate surface area is 267 Å². The van der Waals surface area contributed by atoms with Gasteiger partial charge in [0.2, 0.25) is 0 Å². The Bertz CT molecular complexity index is 2210. The second kappa shape index (κ2) is 9.81. The third-order valence-electron chi connectivity index (χ3n) is 10.5. The van der Waals surface area contributed by atoms with Crippen molar-refractivity contribution in [3.05, 3.63) is 138 Å². The van der Waals surface area contributed by atoms with Crippen LogP contribution in [0.2, 0.25) is 0 Å². The summed E-state index contributed by atoms with van der Waals surface area (Å²) in [5.41, 5.74) is 12.9. The third-order valence-corrected chi connectivity index (χ3v) is 10.5. The number of hydrogen-bond donors (Lipinski definition) is 0. The highest BCUT2D eigenvalue weighted by atomic mass is 15.0. The molecule has 218 valence electrons. The number of benzene rings is 5. The van der Waals surface area contributed by atoms with E-state index in [0.717, 1.165) is 29.5 Å². The Balaban J connectivity index is 1.21. The van der Waals surface area contributed by atoms with Gasteiger partial charge >= 0.3 is 0 Å². The lowest BCUT2D eigenvalue weighted by atomic mass is 9.67. The van der Waals surface area contributed by atoms with Crippen LogP contribution in [0.4, 0.5) is 0 Å². The van der Waals surface area contributed by atoms with E-state index in [-0.39, 0.29) is 10.8 Å². The van der Waals surface area contributed by atoms with Gasteiger partial charge in [0.05, 0.1) is 0 Å². The van der Waals surface area contributed by atoms with Gasteiger partial charge in [0.1, 0.15) is 0 Å². The van der Waals surface area contributed by atoms with E-state index in [9.17, 15) is 0 Å². The number of hydrogen-bond acceptors (Lipinski definition) is 3. The van der Waals surface area contributed by atoms with Gasteiger partial charge < -0.3 is 0 Å². The predicted octanol–water partition coefficient (Wildman–Crippen LogP) is 10.4. The van der Waals surface area contributed by atoms with Crippen LogP contribution in [0.1, 0.15) is 70.9 Å². The van der Waals surface area contributed by atoms with E-state index in [0.29, 0.717) is 30.3 Å². The van der Waals surface area contributed by atoms with Gasteiger partial charge in [-0.25, -0.2) is 15.0 Å². The van der Waals surface area contributed by atoms with Gasteiger partial charge in [0.15, 0.2) is 17.5 Å². The number of nitrogens with zero attached hydrogens (tertiary/aromatic N) is 3. The predicted molar refractivity (Wildman–Crippen MR) is 183 cm³/mol. The molecule has 1 heterocycles. The first-order valence-electron chi connectivity index (χ1n) is 17.0. The highest BCUT2D eigenvalue weighted by Crippen LogP contribution is 2.56. The zero-order chi connectivity index (χ0) is 32.0. The number of fused-ring (bicyclic) bond motifs is 8. The van der Waals surface area contributed by atoms with E-state index >= 15 is 0 Å². The second-order valence-electron chi connectivity index (χ2n) is 13.2. The van der Waals surface area contributed by atoms with Crippen LogP contribution in [-0.4, -0.2) is 15.0 Å². The van der Waals surface area contributed by atoms with Crippen LogP contribution in [0.15, 0.2) is 115 Å². The molecule has 6 aromatic rings. The summed E-state index contributed by atoms with van der Waals surface area (Å²) < 4.78 is 17.0. The van der Waals surface area contributed by atoms with Crippen molar-refractivity contribution in [1.29, 1.82) is 0 Å². The van der Waals surface area contributed by atoms with E-state index in [1.54, 1.807) is 0 Å².